The molecule has 0 aromatic heterocycles. The quantitative estimate of drug-likeness (QED) is 0.839. The fourth-order valence-corrected chi connectivity index (χ4v) is 4.05. The molecule has 0 amide bonds. The lowest BCUT2D eigenvalue weighted by atomic mass is 9.70. The lowest BCUT2D eigenvalue weighted by Crippen LogP contribution is -2.54. The van der Waals surface area contributed by atoms with Gasteiger partial charge in [-0.3, -0.25) is 4.90 Å². The van der Waals surface area contributed by atoms with E-state index in [4.69, 9.17) is 4.74 Å². The van der Waals surface area contributed by atoms with Crippen molar-refractivity contribution in [2.45, 2.75) is 65.0 Å². The molecule has 1 aliphatic carbocycles. The van der Waals surface area contributed by atoms with E-state index in [1.165, 1.54) is 45.2 Å². The molecule has 2 atom stereocenters. The first kappa shape index (κ1) is 16.3. The number of hydrogen-bond donors (Lipinski definition) is 1. The Balaban J connectivity index is 2.02. The normalized spacial score (nSPS) is 39.9. The number of rotatable bonds is 5. The van der Waals surface area contributed by atoms with Crippen molar-refractivity contribution in [1.82, 2.24) is 10.2 Å². The highest BCUT2D eigenvalue weighted by Gasteiger charge is 2.38. The molecule has 2 unspecified atom stereocenters. The Morgan fingerprint density at radius 1 is 1.25 bits per heavy atom. The monoisotopic (exact) mass is 282 g/mol. The predicted octanol–water partition coefficient (Wildman–Crippen LogP) is 2.90. The Kier molecular flexibility index (Phi) is 5.88. The van der Waals surface area contributed by atoms with Gasteiger partial charge in [-0.2, -0.15) is 0 Å². The zero-order valence-electron chi connectivity index (χ0n) is 14.0. The predicted molar refractivity (Wildman–Crippen MR) is 85.1 cm³/mol. The summed E-state index contributed by atoms with van der Waals surface area (Å²) in [6.07, 6.45) is 7.18. The topological polar surface area (TPSA) is 24.5 Å². The molecule has 0 radical (unpaired) electrons. The van der Waals surface area contributed by atoms with Crippen LogP contribution in [0.3, 0.4) is 0 Å². The average molecular weight is 282 g/mol. The van der Waals surface area contributed by atoms with Gasteiger partial charge < -0.3 is 10.1 Å². The third-order valence-corrected chi connectivity index (χ3v) is 5.48. The van der Waals surface area contributed by atoms with Gasteiger partial charge in [0.05, 0.1) is 12.7 Å². The van der Waals surface area contributed by atoms with Gasteiger partial charge in [-0.15, -0.1) is 0 Å². The molecular formula is C17H34N2O. The minimum absolute atomic E-state index is 0.395. The highest BCUT2D eigenvalue weighted by Crippen LogP contribution is 2.40. The van der Waals surface area contributed by atoms with Crippen LogP contribution in [0, 0.1) is 11.3 Å². The Labute approximate surface area is 125 Å². The lowest BCUT2D eigenvalue weighted by Gasteiger charge is -2.47. The maximum absolute atomic E-state index is 5.85. The molecule has 20 heavy (non-hydrogen) atoms. The highest BCUT2D eigenvalue weighted by molar-refractivity contribution is 4.91. The Bertz CT molecular complexity index is 287. The minimum atomic E-state index is 0.395. The number of morpholine rings is 1. The molecule has 1 N–H and O–H groups in total. The third-order valence-electron chi connectivity index (χ3n) is 5.48. The Morgan fingerprint density at radius 2 is 1.95 bits per heavy atom. The Morgan fingerprint density at radius 3 is 2.55 bits per heavy atom. The maximum Gasteiger partial charge on any atom is 0.0674 e. The second kappa shape index (κ2) is 7.24. The molecule has 1 saturated carbocycles. The summed E-state index contributed by atoms with van der Waals surface area (Å²) < 4.78 is 5.85. The zero-order valence-corrected chi connectivity index (χ0v) is 14.0. The minimum Gasteiger partial charge on any atom is -0.376 e. The van der Waals surface area contributed by atoms with Gasteiger partial charge in [0.2, 0.25) is 0 Å². The SMILES string of the molecule is CCC1COC(C)CN1CC1(CNC)CCC(C)CC1. The second-order valence-corrected chi connectivity index (χ2v) is 7.35. The summed E-state index contributed by atoms with van der Waals surface area (Å²) in [6, 6.07) is 0.624. The third kappa shape index (κ3) is 3.96. The summed E-state index contributed by atoms with van der Waals surface area (Å²) in [5, 5.41) is 3.47. The number of hydrogen-bond acceptors (Lipinski definition) is 3. The van der Waals surface area contributed by atoms with Crippen LogP contribution in [0.2, 0.25) is 0 Å². The van der Waals surface area contributed by atoms with Crippen LogP contribution in [-0.4, -0.2) is 50.3 Å². The average Bonchev–Trinajstić information content (AvgIpc) is 2.43. The molecule has 0 aromatic carbocycles. The van der Waals surface area contributed by atoms with Crippen molar-refractivity contribution >= 4 is 0 Å². The van der Waals surface area contributed by atoms with E-state index in [9.17, 15) is 0 Å². The van der Waals surface area contributed by atoms with Gasteiger partial charge in [0.25, 0.3) is 0 Å². The number of nitrogens with one attached hydrogen (secondary N) is 1. The van der Waals surface area contributed by atoms with Gasteiger partial charge in [-0.05, 0) is 44.6 Å². The molecular weight excluding hydrogens is 248 g/mol. The van der Waals surface area contributed by atoms with Crippen LogP contribution in [0.5, 0.6) is 0 Å². The molecule has 2 aliphatic rings. The maximum atomic E-state index is 5.85. The van der Waals surface area contributed by atoms with Crippen molar-refractivity contribution in [3.8, 4) is 0 Å². The summed E-state index contributed by atoms with van der Waals surface area (Å²) in [7, 11) is 2.11. The van der Waals surface area contributed by atoms with E-state index in [0.29, 0.717) is 17.6 Å². The first-order valence-electron chi connectivity index (χ1n) is 8.59. The van der Waals surface area contributed by atoms with Crippen molar-refractivity contribution in [1.29, 1.82) is 0 Å². The van der Waals surface area contributed by atoms with Crippen molar-refractivity contribution in [3.05, 3.63) is 0 Å². The second-order valence-electron chi connectivity index (χ2n) is 7.35. The molecule has 2 rings (SSSR count). The van der Waals surface area contributed by atoms with Crippen LogP contribution in [0.1, 0.15) is 52.9 Å². The summed E-state index contributed by atoms with van der Waals surface area (Å²) in [5.74, 6) is 0.922. The highest BCUT2D eigenvalue weighted by atomic mass is 16.5. The molecule has 3 heteroatoms. The van der Waals surface area contributed by atoms with E-state index >= 15 is 0 Å². The van der Waals surface area contributed by atoms with Crippen molar-refractivity contribution in [3.63, 3.8) is 0 Å². The van der Waals surface area contributed by atoms with Crippen LogP contribution in [0.25, 0.3) is 0 Å². The van der Waals surface area contributed by atoms with Gasteiger partial charge in [-0.1, -0.05) is 26.7 Å². The molecule has 1 saturated heterocycles. The van der Waals surface area contributed by atoms with Crippen LogP contribution >= 0.6 is 0 Å². The lowest BCUT2D eigenvalue weighted by molar-refractivity contribution is -0.0739. The molecule has 1 aliphatic heterocycles. The fourth-order valence-electron chi connectivity index (χ4n) is 4.05. The Hall–Kier alpha value is -0.120. The summed E-state index contributed by atoms with van der Waals surface area (Å²) in [6.45, 7) is 11.4. The fraction of sp³-hybridized carbons (Fsp3) is 1.00. The van der Waals surface area contributed by atoms with Crippen LogP contribution in [0.4, 0.5) is 0 Å². The van der Waals surface area contributed by atoms with Crippen molar-refractivity contribution in [2.24, 2.45) is 11.3 Å². The smallest absolute Gasteiger partial charge is 0.0674 e. The van der Waals surface area contributed by atoms with Gasteiger partial charge >= 0.3 is 0 Å². The molecule has 2 fully saturated rings. The largest absolute Gasteiger partial charge is 0.376 e. The van der Waals surface area contributed by atoms with E-state index < -0.39 is 0 Å². The van der Waals surface area contributed by atoms with E-state index in [1.807, 2.05) is 0 Å². The molecule has 0 aromatic rings. The summed E-state index contributed by atoms with van der Waals surface area (Å²) >= 11 is 0. The summed E-state index contributed by atoms with van der Waals surface area (Å²) in [5.41, 5.74) is 0.492. The van der Waals surface area contributed by atoms with Gasteiger partial charge in [0.1, 0.15) is 0 Å². The van der Waals surface area contributed by atoms with E-state index in [-0.39, 0.29) is 0 Å². The van der Waals surface area contributed by atoms with Gasteiger partial charge in [-0.25, -0.2) is 0 Å². The van der Waals surface area contributed by atoms with Crippen molar-refractivity contribution < 1.29 is 4.74 Å². The zero-order chi connectivity index (χ0) is 14.6. The van der Waals surface area contributed by atoms with Crippen LogP contribution < -0.4 is 5.32 Å². The number of ether oxygens (including phenoxy) is 1. The van der Waals surface area contributed by atoms with E-state index in [0.717, 1.165) is 19.1 Å². The van der Waals surface area contributed by atoms with E-state index in [1.54, 1.807) is 0 Å². The van der Waals surface area contributed by atoms with E-state index in [2.05, 4.69) is 38.0 Å². The van der Waals surface area contributed by atoms with Crippen LogP contribution in [-0.2, 0) is 4.74 Å². The molecule has 3 nitrogen and oxygen atoms in total. The first-order valence-corrected chi connectivity index (χ1v) is 8.59. The van der Waals surface area contributed by atoms with Gasteiger partial charge in [0.15, 0.2) is 0 Å². The molecule has 0 bridgehead atoms. The van der Waals surface area contributed by atoms with Crippen molar-refractivity contribution in [2.75, 3.05) is 33.3 Å². The van der Waals surface area contributed by atoms with Gasteiger partial charge in [0, 0.05) is 25.7 Å². The molecule has 1 heterocycles. The van der Waals surface area contributed by atoms with Crippen LogP contribution in [0.15, 0.2) is 0 Å². The summed E-state index contributed by atoms with van der Waals surface area (Å²) in [4.78, 5) is 2.72. The standard InChI is InChI=1S/C17H34N2O/c1-5-16-11-20-15(3)10-19(16)13-17(12-18-4)8-6-14(2)7-9-17/h14-16,18H,5-13H2,1-4H3. The first-order chi connectivity index (χ1) is 9.58. The molecule has 118 valence electrons. The molecule has 0 spiro atoms. The number of nitrogens with zero attached hydrogens (tertiary/aromatic N) is 1.